The van der Waals surface area contributed by atoms with E-state index >= 15 is 0 Å². The van der Waals surface area contributed by atoms with E-state index in [4.69, 9.17) is 4.74 Å². The molecule has 0 fully saturated rings. The first-order valence-corrected chi connectivity index (χ1v) is 7.94. The Balaban J connectivity index is 1.68. The highest BCUT2D eigenvalue weighted by Gasteiger charge is 2.19. The van der Waals surface area contributed by atoms with Crippen molar-refractivity contribution in [2.75, 3.05) is 11.9 Å². The van der Waals surface area contributed by atoms with Gasteiger partial charge < -0.3 is 4.74 Å². The number of halogens is 1. The van der Waals surface area contributed by atoms with Gasteiger partial charge in [-0.25, -0.2) is 9.37 Å². The summed E-state index contributed by atoms with van der Waals surface area (Å²) in [4.78, 5) is 22.1. The zero-order chi connectivity index (χ0) is 15.8. The normalized spacial score (nSPS) is 13.8. The highest BCUT2D eigenvalue weighted by atomic mass is 32.1. The molecule has 0 bridgehead atoms. The van der Waals surface area contributed by atoms with Crippen molar-refractivity contribution in [3.63, 3.8) is 0 Å². The molecule has 0 saturated heterocycles. The van der Waals surface area contributed by atoms with E-state index in [1.807, 2.05) is 0 Å². The molecule has 1 amide bonds. The van der Waals surface area contributed by atoms with Crippen molar-refractivity contribution in [1.29, 1.82) is 0 Å². The first-order valence-electron chi connectivity index (χ1n) is 7.12. The molecule has 5 nitrogen and oxygen atoms in total. The van der Waals surface area contributed by atoms with E-state index in [1.54, 1.807) is 18.3 Å². The fourth-order valence-electron chi connectivity index (χ4n) is 2.57. The minimum Gasteiger partial charge on any atom is -0.375 e. The second-order valence-corrected chi connectivity index (χ2v) is 6.26. The van der Waals surface area contributed by atoms with Crippen LogP contribution in [0.25, 0.3) is 10.9 Å². The molecule has 23 heavy (non-hydrogen) atoms. The van der Waals surface area contributed by atoms with Gasteiger partial charge in [0.25, 0.3) is 5.91 Å². The highest BCUT2D eigenvalue weighted by molar-refractivity contribution is 7.15. The van der Waals surface area contributed by atoms with Gasteiger partial charge in [-0.3, -0.25) is 15.1 Å². The van der Waals surface area contributed by atoms with Crippen molar-refractivity contribution in [3.8, 4) is 0 Å². The number of rotatable bonds is 2. The number of nitrogens with one attached hydrogen (secondary N) is 1. The Bertz CT molecular complexity index is 886. The maximum absolute atomic E-state index is 13.7. The molecule has 1 aromatic carbocycles. The molecular formula is C16H12FN3O2S. The second kappa shape index (κ2) is 5.68. The predicted octanol–water partition coefficient (Wildman–Crippen LogP) is 3.16. The van der Waals surface area contributed by atoms with E-state index in [0.717, 1.165) is 17.0 Å². The Hall–Kier alpha value is -2.38. The molecule has 0 spiro atoms. The molecule has 1 aliphatic heterocycles. The van der Waals surface area contributed by atoms with Crippen molar-refractivity contribution in [2.45, 2.75) is 13.0 Å². The monoisotopic (exact) mass is 329 g/mol. The first-order chi connectivity index (χ1) is 11.2. The van der Waals surface area contributed by atoms with Crippen LogP contribution >= 0.6 is 11.3 Å². The first kappa shape index (κ1) is 14.2. The van der Waals surface area contributed by atoms with Crippen LogP contribution < -0.4 is 5.32 Å². The number of hydrogen-bond donors (Lipinski definition) is 1. The van der Waals surface area contributed by atoms with Crippen LogP contribution in [0.3, 0.4) is 0 Å². The number of pyridine rings is 1. The number of thiazole rings is 1. The van der Waals surface area contributed by atoms with Crippen LogP contribution in [-0.4, -0.2) is 22.5 Å². The topological polar surface area (TPSA) is 64.1 Å². The van der Waals surface area contributed by atoms with Crippen molar-refractivity contribution in [1.82, 2.24) is 9.97 Å². The van der Waals surface area contributed by atoms with E-state index in [9.17, 15) is 9.18 Å². The van der Waals surface area contributed by atoms with Crippen LogP contribution in [0.2, 0.25) is 0 Å². The minimum absolute atomic E-state index is 0.199. The molecular weight excluding hydrogens is 317 g/mol. The van der Waals surface area contributed by atoms with Gasteiger partial charge in [-0.05, 0) is 18.2 Å². The average molecular weight is 329 g/mol. The number of benzene rings is 1. The van der Waals surface area contributed by atoms with Crippen molar-refractivity contribution >= 4 is 33.3 Å². The van der Waals surface area contributed by atoms with Gasteiger partial charge in [0.15, 0.2) is 5.13 Å². The Morgan fingerprint density at radius 3 is 3.17 bits per heavy atom. The number of nitrogens with zero attached hydrogens (tertiary/aromatic N) is 2. The molecule has 0 unspecified atom stereocenters. The maximum atomic E-state index is 13.7. The second-order valence-electron chi connectivity index (χ2n) is 5.17. The molecule has 0 aliphatic carbocycles. The molecule has 7 heteroatoms. The van der Waals surface area contributed by atoms with Gasteiger partial charge in [-0.1, -0.05) is 17.4 Å². The lowest BCUT2D eigenvalue weighted by Crippen LogP contribution is -2.13. The highest BCUT2D eigenvalue weighted by Crippen LogP contribution is 2.28. The van der Waals surface area contributed by atoms with Crippen LogP contribution in [0.1, 0.15) is 20.9 Å². The van der Waals surface area contributed by atoms with Crippen LogP contribution in [0.5, 0.6) is 0 Å². The standard InChI is InChI=1S/C16H12FN3O2S/c17-10-6-9-2-1-4-18-14(9)11(7-10)15(21)20-16-19-12-3-5-22-8-13(12)23-16/h1-2,4,6-7H,3,5,8H2,(H,19,20,21). The summed E-state index contributed by atoms with van der Waals surface area (Å²) in [5.41, 5.74) is 1.62. The van der Waals surface area contributed by atoms with Crippen LogP contribution in [-0.2, 0) is 17.8 Å². The number of carbonyl (C=O) groups excluding carboxylic acids is 1. The van der Waals surface area contributed by atoms with E-state index in [2.05, 4.69) is 15.3 Å². The number of aromatic nitrogens is 2. The third kappa shape index (κ3) is 2.69. The van der Waals surface area contributed by atoms with E-state index in [0.29, 0.717) is 29.2 Å². The van der Waals surface area contributed by atoms with Gasteiger partial charge >= 0.3 is 0 Å². The van der Waals surface area contributed by atoms with Gasteiger partial charge in [0.2, 0.25) is 0 Å². The van der Waals surface area contributed by atoms with Gasteiger partial charge in [-0.15, -0.1) is 0 Å². The molecule has 0 saturated carbocycles. The summed E-state index contributed by atoms with van der Waals surface area (Å²) in [6.07, 6.45) is 2.32. The number of anilines is 1. The van der Waals surface area contributed by atoms with Gasteiger partial charge in [0, 0.05) is 18.0 Å². The average Bonchev–Trinajstić information content (AvgIpc) is 2.96. The molecule has 3 heterocycles. The van der Waals surface area contributed by atoms with Crippen molar-refractivity contribution in [2.24, 2.45) is 0 Å². The minimum atomic E-state index is -0.470. The summed E-state index contributed by atoms with van der Waals surface area (Å²) in [6.45, 7) is 1.16. The molecule has 3 aromatic rings. The summed E-state index contributed by atoms with van der Waals surface area (Å²) in [5, 5.41) is 3.83. The Morgan fingerprint density at radius 1 is 1.39 bits per heavy atom. The predicted molar refractivity (Wildman–Crippen MR) is 85.1 cm³/mol. The number of fused-ring (bicyclic) bond motifs is 2. The number of ether oxygens (including phenoxy) is 1. The van der Waals surface area contributed by atoms with Gasteiger partial charge in [0.1, 0.15) is 5.82 Å². The number of hydrogen-bond acceptors (Lipinski definition) is 5. The maximum Gasteiger partial charge on any atom is 0.259 e. The number of carbonyl (C=O) groups is 1. The summed E-state index contributed by atoms with van der Waals surface area (Å²) in [5.74, 6) is -0.886. The van der Waals surface area contributed by atoms with Gasteiger partial charge in [-0.2, -0.15) is 0 Å². The summed E-state index contributed by atoms with van der Waals surface area (Å²) in [6, 6.07) is 5.99. The molecule has 2 aromatic heterocycles. The zero-order valence-electron chi connectivity index (χ0n) is 12.0. The van der Waals surface area contributed by atoms with Crippen LogP contribution in [0, 0.1) is 5.82 Å². The molecule has 1 aliphatic rings. The molecule has 0 atom stereocenters. The van der Waals surface area contributed by atoms with Crippen molar-refractivity contribution in [3.05, 3.63) is 52.4 Å². The molecule has 116 valence electrons. The lowest BCUT2D eigenvalue weighted by Gasteiger charge is -2.08. The van der Waals surface area contributed by atoms with Gasteiger partial charge in [0.05, 0.1) is 34.9 Å². The third-order valence-corrected chi connectivity index (χ3v) is 4.62. The zero-order valence-corrected chi connectivity index (χ0v) is 12.8. The van der Waals surface area contributed by atoms with E-state index in [-0.39, 0.29) is 5.56 Å². The summed E-state index contributed by atoms with van der Waals surface area (Å²) < 4.78 is 19.1. The fraction of sp³-hybridized carbons (Fsp3) is 0.188. The molecule has 1 N–H and O–H groups in total. The Labute approximate surface area is 135 Å². The van der Waals surface area contributed by atoms with Crippen molar-refractivity contribution < 1.29 is 13.9 Å². The third-order valence-electron chi connectivity index (χ3n) is 3.63. The quantitative estimate of drug-likeness (QED) is 0.784. The number of amides is 1. The summed E-state index contributed by atoms with van der Waals surface area (Å²) in [7, 11) is 0. The van der Waals surface area contributed by atoms with Crippen LogP contribution in [0.4, 0.5) is 9.52 Å². The SMILES string of the molecule is O=C(Nc1nc2c(s1)COCC2)c1cc(F)cc2cccnc12. The van der Waals surface area contributed by atoms with E-state index < -0.39 is 11.7 Å². The largest absolute Gasteiger partial charge is 0.375 e. The Kier molecular flexibility index (Phi) is 3.51. The van der Waals surface area contributed by atoms with E-state index in [1.165, 1.54) is 23.5 Å². The Morgan fingerprint density at radius 2 is 2.30 bits per heavy atom. The van der Waals surface area contributed by atoms with Crippen LogP contribution in [0.15, 0.2) is 30.5 Å². The smallest absolute Gasteiger partial charge is 0.259 e. The summed E-state index contributed by atoms with van der Waals surface area (Å²) >= 11 is 1.39. The molecule has 4 rings (SSSR count). The fourth-order valence-corrected chi connectivity index (χ4v) is 3.51. The lowest BCUT2D eigenvalue weighted by molar-refractivity contribution is 0.102. The lowest BCUT2D eigenvalue weighted by atomic mass is 10.1. The molecule has 0 radical (unpaired) electrons.